The highest BCUT2D eigenvalue weighted by Gasteiger charge is 2.27. The van der Waals surface area contributed by atoms with Crippen LogP contribution in [0.25, 0.3) is 0 Å². The first kappa shape index (κ1) is 9.75. The molecule has 1 unspecified atom stereocenters. The second-order valence-corrected chi connectivity index (χ2v) is 3.31. The van der Waals surface area contributed by atoms with E-state index in [9.17, 15) is 4.79 Å². The van der Waals surface area contributed by atoms with Gasteiger partial charge in [-0.05, 0) is 6.92 Å². The molecule has 0 bridgehead atoms. The van der Waals surface area contributed by atoms with Gasteiger partial charge < -0.3 is 15.8 Å². The third-order valence-corrected chi connectivity index (χ3v) is 2.21. The quantitative estimate of drug-likeness (QED) is 0.638. The molecule has 0 radical (unpaired) electrons. The number of aromatic nitrogens is 3. The minimum absolute atomic E-state index is 0.210. The number of carbonyl (C=O) groups is 1. The number of fused-ring (bicyclic) bond motifs is 1. The van der Waals surface area contributed by atoms with Gasteiger partial charge >= 0.3 is 5.97 Å². The molecular formula is C8H13N5O2. The largest absolute Gasteiger partial charge is 0.466 e. The van der Waals surface area contributed by atoms with Crippen molar-refractivity contribution in [3.63, 3.8) is 0 Å². The Morgan fingerprint density at radius 3 is 3.33 bits per heavy atom. The minimum Gasteiger partial charge on any atom is -0.466 e. The molecule has 0 saturated carbocycles. The van der Waals surface area contributed by atoms with Crippen molar-refractivity contribution in [2.45, 2.75) is 13.5 Å². The van der Waals surface area contributed by atoms with Gasteiger partial charge in [0.05, 0.1) is 19.1 Å². The fourth-order valence-electron chi connectivity index (χ4n) is 1.52. The summed E-state index contributed by atoms with van der Waals surface area (Å²) in [5, 5.41) is 6.94. The number of esters is 1. The molecule has 2 heterocycles. The van der Waals surface area contributed by atoms with Gasteiger partial charge in [0.1, 0.15) is 0 Å². The zero-order valence-corrected chi connectivity index (χ0v) is 8.43. The summed E-state index contributed by atoms with van der Waals surface area (Å²) in [4.78, 5) is 15.4. The monoisotopic (exact) mass is 211 g/mol. The van der Waals surface area contributed by atoms with Crippen LogP contribution in [0.15, 0.2) is 0 Å². The van der Waals surface area contributed by atoms with E-state index in [2.05, 4.69) is 15.4 Å². The summed E-state index contributed by atoms with van der Waals surface area (Å²) in [6, 6.07) is 0. The van der Waals surface area contributed by atoms with Crippen molar-refractivity contribution in [1.82, 2.24) is 14.8 Å². The molecule has 1 atom stereocenters. The van der Waals surface area contributed by atoms with Crippen molar-refractivity contribution in [2.24, 2.45) is 5.92 Å². The minimum atomic E-state index is -0.224. The van der Waals surface area contributed by atoms with E-state index in [4.69, 9.17) is 10.5 Å². The summed E-state index contributed by atoms with van der Waals surface area (Å²) < 4.78 is 6.52. The van der Waals surface area contributed by atoms with Crippen LogP contribution in [0.1, 0.15) is 6.92 Å². The lowest BCUT2D eigenvalue weighted by Gasteiger charge is -2.21. The molecular weight excluding hydrogens is 198 g/mol. The number of nitrogens with zero attached hydrogens (tertiary/aromatic N) is 3. The second-order valence-electron chi connectivity index (χ2n) is 3.31. The van der Waals surface area contributed by atoms with E-state index in [-0.39, 0.29) is 17.8 Å². The van der Waals surface area contributed by atoms with E-state index < -0.39 is 0 Å². The predicted octanol–water partition coefficient (Wildman–Crippen LogP) is -0.535. The van der Waals surface area contributed by atoms with Crippen LogP contribution in [0.3, 0.4) is 0 Å². The van der Waals surface area contributed by atoms with Crippen LogP contribution < -0.4 is 11.1 Å². The van der Waals surface area contributed by atoms with Gasteiger partial charge in [-0.3, -0.25) is 4.79 Å². The number of carbonyl (C=O) groups excluding carboxylic acids is 1. The van der Waals surface area contributed by atoms with Crippen LogP contribution in [0.2, 0.25) is 0 Å². The predicted molar refractivity (Wildman–Crippen MR) is 53.0 cm³/mol. The lowest BCUT2D eigenvalue weighted by Crippen LogP contribution is -2.34. The molecule has 2 rings (SSSR count). The number of nitrogens with one attached hydrogen (secondary N) is 1. The van der Waals surface area contributed by atoms with E-state index in [1.54, 1.807) is 11.6 Å². The Hall–Kier alpha value is -1.79. The van der Waals surface area contributed by atoms with Crippen LogP contribution in [-0.2, 0) is 16.1 Å². The molecule has 1 aromatic rings. The lowest BCUT2D eigenvalue weighted by molar-refractivity contribution is -0.148. The Kier molecular flexibility index (Phi) is 2.44. The third kappa shape index (κ3) is 1.85. The first-order valence-corrected chi connectivity index (χ1v) is 4.81. The Bertz CT molecular complexity index is 375. The lowest BCUT2D eigenvalue weighted by atomic mass is 10.1. The Balaban J connectivity index is 2.08. The number of nitrogen functional groups attached to an aromatic ring is 1. The molecule has 0 spiro atoms. The van der Waals surface area contributed by atoms with E-state index in [0.29, 0.717) is 25.6 Å². The van der Waals surface area contributed by atoms with Crippen molar-refractivity contribution in [1.29, 1.82) is 0 Å². The van der Waals surface area contributed by atoms with Gasteiger partial charge in [-0.15, -0.1) is 5.10 Å². The Morgan fingerprint density at radius 1 is 1.80 bits per heavy atom. The average molecular weight is 211 g/mol. The van der Waals surface area contributed by atoms with Gasteiger partial charge in [0.15, 0.2) is 0 Å². The molecule has 15 heavy (non-hydrogen) atoms. The molecule has 0 aromatic carbocycles. The highest BCUT2D eigenvalue weighted by atomic mass is 16.5. The zero-order chi connectivity index (χ0) is 10.8. The van der Waals surface area contributed by atoms with Crippen LogP contribution in [-0.4, -0.2) is 33.9 Å². The van der Waals surface area contributed by atoms with Crippen molar-refractivity contribution in [3.8, 4) is 0 Å². The molecule has 82 valence electrons. The molecule has 0 aliphatic carbocycles. The molecule has 0 amide bonds. The Labute approximate surface area is 86.6 Å². The summed E-state index contributed by atoms with van der Waals surface area (Å²) in [5.41, 5.74) is 5.44. The zero-order valence-electron chi connectivity index (χ0n) is 8.43. The van der Waals surface area contributed by atoms with Gasteiger partial charge in [-0.1, -0.05) is 0 Å². The van der Waals surface area contributed by atoms with E-state index in [0.717, 1.165) is 0 Å². The number of hydrogen-bond donors (Lipinski definition) is 2. The normalized spacial score (nSPS) is 19.1. The summed E-state index contributed by atoms with van der Waals surface area (Å²) in [6.45, 7) is 3.15. The number of nitrogens with two attached hydrogens (primary N) is 1. The maximum Gasteiger partial charge on any atom is 0.312 e. The highest BCUT2D eigenvalue weighted by molar-refractivity contribution is 5.73. The van der Waals surface area contributed by atoms with Gasteiger partial charge in [-0.2, -0.15) is 4.98 Å². The third-order valence-electron chi connectivity index (χ3n) is 2.21. The molecule has 0 fully saturated rings. The molecule has 1 aliphatic heterocycles. The molecule has 1 aliphatic rings. The average Bonchev–Trinajstić information content (AvgIpc) is 2.57. The molecule has 7 heteroatoms. The summed E-state index contributed by atoms with van der Waals surface area (Å²) >= 11 is 0. The maximum atomic E-state index is 11.5. The number of hydrogen-bond acceptors (Lipinski definition) is 6. The van der Waals surface area contributed by atoms with Crippen LogP contribution in [0, 0.1) is 5.92 Å². The van der Waals surface area contributed by atoms with Gasteiger partial charge in [-0.25, -0.2) is 4.68 Å². The SMILES string of the molecule is CCOC(=O)C1CNc2nc(N)nn2C1. The van der Waals surface area contributed by atoms with Crippen molar-refractivity contribution in [3.05, 3.63) is 0 Å². The highest BCUT2D eigenvalue weighted by Crippen LogP contribution is 2.16. The first-order valence-electron chi connectivity index (χ1n) is 4.81. The van der Waals surface area contributed by atoms with Crippen LogP contribution in [0.4, 0.5) is 11.9 Å². The van der Waals surface area contributed by atoms with Crippen molar-refractivity contribution < 1.29 is 9.53 Å². The standard InChI is InChI=1S/C8H13N5O2/c1-2-15-6(14)5-3-10-8-11-7(9)12-13(8)4-5/h5H,2-4H2,1H3,(H3,9,10,11,12). The van der Waals surface area contributed by atoms with E-state index in [1.807, 2.05) is 0 Å². The summed E-state index contributed by atoms with van der Waals surface area (Å²) in [6.07, 6.45) is 0. The second kappa shape index (κ2) is 3.76. The van der Waals surface area contributed by atoms with Crippen LogP contribution in [0.5, 0.6) is 0 Å². The van der Waals surface area contributed by atoms with Crippen molar-refractivity contribution >= 4 is 17.9 Å². The smallest absolute Gasteiger partial charge is 0.312 e. The van der Waals surface area contributed by atoms with E-state index >= 15 is 0 Å². The molecule has 1 aromatic heterocycles. The molecule has 7 nitrogen and oxygen atoms in total. The summed E-state index contributed by atoms with van der Waals surface area (Å²) in [5.74, 6) is 0.373. The van der Waals surface area contributed by atoms with Gasteiger partial charge in [0, 0.05) is 6.54 Å². The maximum absolute atomic E-state index is 11.5. The van der Waals surface area contributed by atoms with Gasteiger partial charge in [0.25, 0.3) is 0 Å². The van der Waals surface area contributed by atoms with Gasteiger partial charge in [0.2, 0.25) is 11.9 Å². The fourth-order valence-corrected chi connectivity index (χ4v) is 1.52. The number of anilines is 2. The fraction of sp³-hybridized carbons (Fsp3) is 0.625. The number of rotatable bonds is 2. The topological polar surface area (TPSA) is 95.1 Å². The van der Waals surface area contributed by atoms with E-state index in [1.165, 1.54) is 0 Å². The Morgan fingerprint density at radius 2 is 2.60 bits per heavy atom. The van der Waals surface area contributed by atoms with Crippen LogP contribution >= 0.6 is 0 Å². The molecule has 0 saturated heterocycles. The number of ether oxygens (including phenoxy) is 1. The first-order chi connectivity index (χ1) is 7.20. The summed E-state index contributed by atoms with van der Waals surface area (Å²) in [7, 11) is 0. The molecule has 3 N–H and O–H groups in total. The van der Waals surface area contributed by atoms with Crippen molar-refractivity contribution in [2.75, 3.05) is 24.2 Å².